The van der Waals surface area contributed by atoms with E-state index in [1.807, 2.05) is 30.3 Å². The molecule has 3 aromatic rings. The summed E-state index contributed by atoms with van der Waals surface area (Å²) in [5.41, 5.74) is 7.78. The molecule has 1 aromatic carbocycles. The van der Waals surface area contributed by atoms with Crippen LogP contribution in [0.25, 0.3) is 11.2 Å². The third kappa shape index (κ3) is 3.44. The lowest BCUT2D eigenvalue weighted by molar-refractivity contribution is 0.138. The van der Waals surface area contributed by atoms with Crippen LogP contribution < -0.4 is 10.5 Å². The second-order valence-electron chi connectivity index (χ2n) is 5.46. The summed E-state index contributed by atoms with van der Waals surface area (Å²) in [6.45, 7) is 0.454. The van der Waals surface area contributed by atoms with E-state index in [2.05, 4.69) is 15.0 Å². The lowest BCUT2D eigenvalue weighted by atomic mass is 10.2. The quantitative estimate of drug-likeness (QED) is 0.580. The van der Waals surface area contributed by atoms with Crippen molar-refractivity contribution in [2.24, 2.45) is 5.92 Å². The van der Waals surface area contributed by atoms with Crippen molar-refractivity contribution in [2.75, 3.05) is 18.9 Å². The Morgan fingerprint density at radius 1 is 1.12 bits per heavy atom. The number of aliphatic hydroxyl groups is 2. The molecule has 0 saturated heterocycles. The minimum atomic E-state index is -0.299. The van der Waals surface area contributed by atoms with Crippen molar-refractivity contribution in [3.05, 3.63) is 42.2 Å². The number of anilines is 1. The number of imidazole rings is 1. The molecule has 4 N–H and O–H groups in total. The first kappa shape index (κ1) is 16.2. The largest absolute Gasteiger partial charge is 0.471 e. The minimum absolute atomic E-state index is 0.0804. The van der Waals surface area contributed by atoms with Crippen LogP contribution in [0.1, 0.15) is 5.56 Å². The van der Waals surface area contributed by atoms with Gasteiger partial charge in [0.1, 0.15) is 6.61 Å². The third-order valence-electron chi connectivity index (χ3n) is 3.64. The van der Waals surface area contributed by atoms with E-state index in [0.29, 0.717) is 30.2 Å². The second kappa shape index (κ2) is 7.24. The van der Waals surface area contributed by atoms with Gasteiger partial charge < -0.3 is 25.3 Å². The van der Waals surface area contributed by atoms with Gasteiger partial charge in [-0.1, -0.05) is 30.3 Å². The van der Waals surface area contributed by atoms with Crippen molar-refractivity contribution in [2.45, 2.75) is 13.2 Å². The van der Waals surface area contributed by atoms with Crippen LogP contribution in [0.2, 0.25) is 0 Å². The molecule has 8 heteroatoms. The number of benzene rings is 1. The molecule has 0 spiro atoms. The molecular weight excluding hydrogens is 310 g/mol. The van der Waals surface area contributed by atoms with Gasteiger partial charge in [-0.25, -0.2) is 4.98 Å². The second-order valence-corrected chi connectivity index (χ2v) is 5.46. The third-order valence-corrected chi connectivity index (χ3v) is 3.64. The lowest BCUT2D eigenvalue weighted by Gasteiger charge is -2.12. The van der Waals surface area contributed by atoms with E-state index in [4.69, 9.17) is 10.5 Å². The molecule has 126 valence electrons. The molecule has 0 aliphatic carbocycles. The molecule has 3 rings (SSSR count). The Hall–Kier alpha value is -2.71. The Kier molecular flexibility index (Phi) is 4.88. The fraction of sp³-hybridized carbons (Fsp3) is 0.312. The van der Waals surface area contributed by atoms with E-state index in [-0.39, 0.29) is 25.1 Å². The number of fused-ring (bicyclic) bond motifs is 1. The summed E-state index contributed by atoms with van der Waals surface area (Å²) in [5, 5.41) is 18.5. The van der Waals surface area contributed by atoms with Crippen LogP contribution in [0.5, 0.6) is 5.88 Å². The average Bonchev–Trinajstić information content (AvgIpc) is 3.01. The number of nitrogens with zero attached hydrogens (tertiary/aromatic N) is 4. The number of nitrogen functional groups attached to an aromatic ring is 1. The molecule has 0 amide bonds. The van der Waals surface area contributed by atoms with Gasteiger partial charge in [-0.2, -0.15) is 9.97 Å². The Balaban J connectivity index is 1.87. The smallest absolute Gasteiger partial charge is 0.247 e. The van der Waals surface area contributed by atoms with Gasteiger partial charge in [0.25, 0.3) is 0 Å². The molecule has 0 unspecified atom stereocenters. The highest BCUT2D eigenvalue weighted by molar-refractivity contribution is 5.77. The van der Waals surface area contributed by atoms with Crippen LogP contribution in [-0.2, 0) is 13.2 Å². The molecule has 0 aliphatic heterocycles. The van der Waals surface area contributed by atoms with Gasteiger partial charge in [-0.15, -0.1) is 0 Å². The van der Waals surface area contributed by atoms with Crippen LogP contribution >= 0.6 is 0 Å². The molecule has 0 saturated carbocycles. The summed E-state index contributed by atoms with van der Waals surface area (Å²) >= 11 is 0. The highest BCUT2D eigenvalue weighted by Crippen LogP contribution is 2.23. The number of nitrogens with two attached hydrogens (primary N) is 1. The first-order chi connectivity index (χ1) is 11.7. The number of hydrogen-bond acceptors (Lipinski definition) is 7. The molecule has 2 aromatic heterocycles. The fourth-order valence-electron chi connectivity index (χ4n) is 2.35. The highest BCUT2D eigenvalue weighted by atomic mass is 16.5. The average molecular weight is 329 g/mol. The molecular formula is C16H19N5O3. The number of aliphatic hydroxyl groups excluding tert-OH is 2. The summed E-state index contributed by atoms with van der Waals surface area (Å²) in [5.74, 6) is 0.0915. The zero-order chi connectivity index (χ0) is 16.9. The Labute approximate surface area is 138 Å². The zero-order valence-corrected chi connectivity index (χ0v) is 13.0. The van der Waals surface area contributed by atoms with Gasteiger partial charge in [-0.3, -0.25) is 0 Å². The van der Waals surface area contributed by atoms with Crippen molar-refractivity contribution >= 4 is 17.1 Å². The van der Waals surface area contributed by atoms with Crippen molar-refractivity contribution in [1.29, 1.82) is 0 Å². The normalized spacial score (nSPS) is 11.3. The van der Waals surface area contributed by atoms with E-state index in [9.17, 15) is 10.2 Å². The fourth-order valence-corrected chi connectivity index (χ4v) is 2.35. The van der Waals surface area contributed by atoms with Gasteiger partial charge in [0.05, 0.1) is 6.33 Å². The predicted octanol–water partition coefficient (Wildman–Crippen LogP) is 0.588. The van der Waals surface area contributed by atoms with Gasteiger partial charge in [-0.05, 0) is 5.56 Å². The van der Waals surface area contributed by atoms with E-state index in [1.54, 1.807) is 10.9 Å². The Morgan fingerprint density at radius 3 is 2.58 bits per heavy atom. The number of aromatic nitrogens is 4. The predicted molar refractivity (Wildman–Crippen MR) is 88.2 cm³/mol. The van der Waals surface area contributed by atoms with Crippen molar-refractivity contribution in [3.63, 3.8) is 0 Å². The summed E-state index contributed by atoms with van der Waals surface area (Å²) in [4.78, 5) is 12.6. The van der Waals surface area contributed by atoms with Crippen molar-refractivity contribution in [1.82, 2.24) is 19.5 Å². The molecule has 0 radical (unpaired) electrons. The maximum Gasteiger partial charge on any atom is 0.247 e. The van der Waals surface area contributed by atoms with Crippen LogP contribution in [0.3, 0.4) is 0 Å². The minimum Gasteiger partial charge on any atom is -0.471 e. The van der Waals surface area contributed by atoms with E-state index in [1.165, 1.54) is 0 Å². The maximum atomic E-state index is 9.24. The van der Waals surface area contributed by atoms with E-state index >= 15 is 0 Å². The maximum absolute atomic E-state index is 9.24. The van der Waals surface area contributed by atoms with Gasteiger partial charge in [0, 0.05) is 25.7 Å². The summed E-state index contributed by atoms with van der Waals surface area (Å²) in [7, 11) is 0. The SMILES string of the molecule is Nc1nc(OCc2ccccc2)c2ncn(CC(CO)CO)c2n1. The Morgan fingerprint density at radius 2 is 1.88 bits per heavy atom. The van der Waals surface area contributed by atoms with Gasteiger partial charge in [0.2, 0.25) is 11.8 Å². The lowest BCUT2D eigenvalue weighted by Crippen LogP contribution is -2.18. The highest BCUT2D eigenvalue weighted by Gasteiger charge is 2.16. The van der Waals surface area contributed by atoms with Crippen LogP contribution in [0, 0.1) is 5.92 Å². The van der Waals surface area contributed by atoms with Crippen LogP contribution in [-0.4, -0.2) is 42.9 Å². The monoisotopic (exact) mass is 329 g/mol. The molecule has 8 nitrogen and oxygen atoms in total. The molecule has 0 fully saturated rings. The molecule has 0 aliphatic rings. The molecule has 0 bridgehead atoms. The number of hydrogen-bond donors (Lipinski definition) is 3. The molecule has 2 heterocycles. The van der Waals surface area contributed by atoms with E-state index in [0.717, 1.165) is 5.56 Å². The standard InChI is InChI=1S/C16H19N5O3/c17-16-19-14-13(18-10-21(14)6-12(7-22)8-23)15(20-16)24-9-11-4-2-1-3-5-11/h1-5,10,12,22-23H,6-9H2,(H2,17,19,20). The Bertz CT molecular complexity index is 802. The van der Waals surface area contributed by atoms with Crippen LogP contribution in [0.15, 0.2) is 36.7 Å². The van der Waals surface area contributed by atoms with Crippen LogP contribution in [0.4, 0.5) is 5.95 Å². The summed E-state index contributed by atoms with van der Waals surface area (Å²) < 4.78 is 7.47. The summed E-state index contributed by atoms with van der Waals surface area (Å²) in [6, 6.07) is 9.70. The van der Waals surface area contributed by atoms with Crippen molar-refractivity contribution in [3.8, 4) is 5.88 Å². The summed E-state index contributed by atoms with van der Waals surface area (Å²) in [6.07, 6.45) is 1.58. The van der Waals surface area contributed by atoms with Gasteiger partial charge in [0.15, 0.2) is 11.2 Å². The topological polar surface area (TPSA) is 119 Å². The number of ether oxygens (including phenoxy) is 1. The molecule has 24 heavy (non-hydrogen) atoms. The van der Waals surface area contributed by atoms with E-state index < -0.39 is 0 Å². The molecule has 0 atom stereocenters. The first-order valence-electron chi connectivity index (χ1n) is 7.58. The first-order valence-corrected chi connectivity index (χ1v) is 7.58. The van der Waals surface area contributed by atoms with Gasteiger partial charge >= 0.3 is 0 Å². The number of rotatable bonds is 7. The van der Waals surface area contributed by atoms with Crippen molar-refractivity contribution < 1.29 is 14.9 Å². The zero-order valence-electron chi connectivity index (χ0n) is 13.0.